The zero-order valence-corrected chi connectivity index (χ0v) is 21.3. The number of halogens is 12. The highest BCUT2D eigenvalue weighted by Gasteiger charge is 2.54. The summed E-state index contributed by atoms with van der Waals surface area (Å²) < 4.78 is 149. The zero-order valence-electron chi connectivity index (χ0n) is 20.5. The van der Waals surface area contributed by atoms with Crippen LogP contribution in [-0.2, 0) is 11.0 Å². The second-order valence-corrected chi connectivity index (χ2v) is 9.69. The summed E-state index contributed by atoms with van der Waals surface area (Å²) in [5.41, 5.74) is -6.64. The number of amides is 2. The number of likely N-dealkylation sites (N-methyl/N-ethyl adjacent to an activating group) is 1. The summed E-state index contributed by atoms with van der Waals surface area (Å²) in [6.45, 7) is -1.68. The van der Waals surface area contributed by atoms with Gasteiger partial charge in [-0.1, -0.05) is 23.7 Å². The maximum Gasteiger partial charge on any atom is 0.417 e. The van der Waals surface area contributed by atoms with Crippen molar-refractivity contribution in [2.75, 3.05) is 13.6 Å². The SMILES string of the molecule is CN(CC(F)(F)F)C(=O)C1(NC(=O)c2ccc(C(F)=CC(c3ccc(Cl)c(F)c3)C(F)(F)F)cc2C(F)(F)F)CC1. The van der Waals surface area contributed by atoms with Crippen LogP contribution in [-0.4, -0.2) is 48.2 Å². The molecule has 0 spiro atoms. The molecule has 2 aromatic rings. The first-order valence-electron chi connectivity index (χ1n) is 11.4. The fourth-order valence-electron chi connectivity index (χ4n) is 3.96. The van der Waals surface area contributed by atoms with Gasteiger partial charge >= 0.3 is 18.5 Å². The number of hydrogen-bond acceptors (Lipinski definition) is 2. The minimum Gasteiger partial charge on any atom is -0.338 e. The Labute approximate surface area is 229 Å². The van der Waals surface area contributed by atoms with E-state index in [1.165, 1.54) is 0 Å². The molecule has 2 amide bonds. The smallest absolute Gasteiger partial charge is 0.338 e. The van der Waals surface area contributed by atoms with E-state index in [4.69, 9.17) is 11.6 Å². The summed E-state index contributed by atoms with van der Waals surface area (Å²) in [7, 11) is 0.791. The van der Waals surface area contributed by atoms with Gasteiger partial charge in [0.2, 0.25) is 5.91 Å². The summed E-state index contributed by atoms with van der Waals surface area (Å²) in [6.07, 6.45) is -15.7. The maximum absolute atomic E-state index is 14.9. The van der Waals surface area contributed by atoms with Gasteiger partial charge in [0.05, 0.1) is 16.1 Å². The van der Waals surface area contributed by atoms with Crippen LogP contribution in [0, 0.1) is 5.82 Å². The summed E-state index contributed by atoms with van der Waals surface area (Å²) in [5, 5.41) is 1.47. The van der Waals surface area contributed by atoms with Crippen LogP contribution in [0.2, 0.25) is 5.02 Å². The Morgan fingerprint density at radius 1 is 1.02 bits per heavy atom. The molecular weight excluding hydrogens is 605 g/mol. The Morgan fingerprint density at radius 2 is 1.63 bits per heavy atom. The Bertz CT molecular complexity index is 1360. The third-order valence-corrected chi connectivity index (χ3v) is 6.40. The predicted octanol–water partition coefficient (Wildman–Crippen LogP) is 7.44. The molecule has 0 saturated heterocycles. The van der Waals surface area contributed by atoms with Crippen LogP contribution >= 0.6 is 11.6 Å². The maximum atomic E-state index is 14.9. The second-order valence-electron chi connectivity index (χ2n) is 9.28. The lowest BCUT2D eigenvalue weighted by Crippen LogP contribution is -2.51. The molecule has 1 unspecified atom stereocenters. The van der Waals surface area contributed by atoms with Crippen LogP contribution in [0.25, 0.3) is 5.83 Å². The van der Waals surface area contributed by atoms with Crippen LogP contribution < -0.4 is 5.32 Å². The third kappa shape index (κ3) is 7.68. The van der Waals surface area contributed by atoms with E-state index in [0.717, 1.165) is 19.2 Å². The van der Waals surface area contributed by atoms with E-state index in [2.05, 4.69) is 0 Å². The summed E-state index contributed by atoms with van der Waals surface area (Å²) in [4.78, 5) is 25.4. The van der Waals surface area contributed by atoms with Crippen molar-refractivity contribution in [1.82, 2.24) is 10.2 Å². The lowest BCUT2D eigenvalue weighted by molar-refractivity contribution is -0.160. The molecule has 1 aliphatic carbocycles. The molecule has 0 heterocycles. The fourth-order valence-corrected chi connectivity index (χ4v) is 4.08. The van der Waals surface area contributed by atoms with Crippen molar-refractivity contribution in [3.8, 4) is 0 Å². The normalized spacial score (nSPS) is 16.3. The van der Waals surface area contributed by atoms with E-state index < -0.39 is 87.3 Å². The highest BCUT2D eigenvalue weighted by Crippen LogP contribution is 2.42. The van der Waals surface area contributed by atoms with Crippen molar-refractivity contribution in [2.45, 2.75) is 42.8 Å². The molecule has 2 aromatic carbocycles. The average Bonchev–Trinajstić information content (AvgIpc) is 3.61. The van der Waals surface area contributed by atoms with Crippen molar-refractivity contribution in [1.29, 1.82) is 0 Å². The highest BCUT2D eigenvalue weighted by atomic mass is 35.5. The standard InChI is InChI=1S/C25H18ClF11N2O2/c1-39(11-23(29,30)31)21(41)22(6-7-22)38-20(40)14-4-2-13(8-16(14)25(35,36)37)18(27)10-15(24(32,33)34)12-3-5-17(26)19(28)9-12/h2-5,8-10,15H,6-7,11H2,1H3,(H,38,40). The van der Waals surface area contributed by atoms with Gasteiger partial charge < -0.3 is 10.2 Å². The van der Waals surface area contributed by atoms with Gasteiger partial charge in [-0.15, -0.1) is 0 Å². The van der Waals surface area contributed by atoms with Gasteiger partial charge in [-0.3, -0.25) is 9.59 Å². The van der Waals surface area contributed by atoms with Crippen LogP contribution in [0.3, 0.4) is 0 Å². The average molecular weight is 623 g/mol. The van der Waals surface area contributed by atoms with E-state index >= 15 is 0 Å². The van der Waals surface area contributed by atoms with Gasteiger partial charge in [-0.2, -0.15) is 39.5 Å². The molecule has 0 radical (unpaired) electrons. The van der Waals surface area contributed by atoms with E-state index in [0.29, 0.717) is 18.2 Å². The number of allylic oxidation sites excluding steroid dienone is 1. The molecule has 16 heteroatoms. The molecule has 3 rings (SSSR count). The number of nitrogens with zero attached hydrogens (tertiary/aromatic N) is 1. The monoisotopic (exact) mass is 622 g/mol. The van der Waals surface area contributed by atoms with E-state index in [1.54, 1.807) is 0 Å². The predicted molar refractivity (Wildman–Crippen MR) is 124 cm³/mol. The number of carbonyl (C=O) groups is 2. The topological polar surface area (TPSA) is 49.4 Å². The number of benzene rings is 2. The van der Waals surface area contributed by atoms with Crippen molar-refractivity contribution in [3.05, 3.63) is 75.6 Å². The largest absolute Gasteiger partial charge is 0.417 e. The summed E-state index contributed by atoms with van der Waals surface area (Å²) in [5.74, 6) is -8.55. The molecule has 41 heavy (non-hydrogen) atoms. The van der Waals surface area contributed by atoms with Crippen LogP contribution in [0.4, 0.5) is 48.3 Å². The van der Waals surface area contributed by atoms with E-state index in [1.807, 2.05) is 5.32 Å². The van der Waals surface area contributed by atoms with Crippen molar-refractivity contribution in [2.24, 2.45) is 0 Å². The number of hydrogen-bond donors (Lipinski definition) is 1. The lowest BCUT2D eigenvalue weighted by Gasteiger charge is -2.25. The van der Waals surface area contributed by atoms with Crippen molar-refractivity contribution in [3.63, 3.8) is 0 Å². The van der Waals surface area contributed by atoms with Crippen molar-refractivity contribution >= 4 is 29.2 Å². The number of rotatable bonds is 7. The van der Waals surface area contributed by atoms with Gasteiger partial charge in [0.1, 0.15) is 29.6 Å². The lowest BCUT2D eigenvalue weighted by atomic mass is 9.95. The zero-order chi connectivity index (χ0) is 31.1. The second kappa shape index (κ2) is 11.1. The van der Waals surface area contributed by atoms with Crippen LogP contribution in [0.5, 0.6) is 0 Å². The number of alkyl halides is 9. The molecule has 0 aliphatic heterocycles. The van der Waals surface area contributed by atoms with Crippen molar-refractivity contribution < 1.29 is 57.9 Å². The molecule has 1 N–H and O–H groups in total. The molecule has 1 fully saturated rings. The summed E-state index contributed by atoms with van der Waals surface area (Å²) >= 11 is 5.45. The first-order chi connectivity index (χ1) is 18.6. The van der Waals surface area contributed by atoms with Crippen LogP contribution in [0.15, 0.2) is 42.5 Å². The Kier molecular flexibility index (Phi) is 8.74. The molecule has 4 nitrogen and oxygen atoms in total. The first kappa shape index (κ1) is 32.2. The number of carbonyl (C=O) groups excluding carboxylic acids is 2. The van der Waals surface area contributed by atoms with Crippen LogP contribution in [0.1, 0.15) is 45.8 Å². The van der Waals surface area contributed by atoms with E-state index in [9.17, 15) is 57.9 Å². The van der Waals surface area contributed by atoms with Gasteiger partial charge in [0.25, 0.3) is 5.91 Å². The Morgan fingerprint density at radius 3 is 2.12 bits per heavy atom. The van der Waals surface area contributed by atoms with E-state index in [-0.39, 0.29) is 29.9 Å². The fraction of sp³-hybridized carbons (Fsp3) is 0.360. The van der Waals surface area contributed by atoms with Gasteiger partial charge in [0, 0.05) is 12.6 Å². The Balaban J connectivity index is 1.95. The number of nitrogens with one attached hydrogen (secondary N) is 1. The van der Waals surface area contributed by atoms with Gasteiger partial charge in [-0.25, -0.2) is 8.78 Å². The minimum atomic E-state index is -5.35. The minimum absolute atomic E-state index is 0.0633. The van der Waals surface area contributed by atoms with Gasteiger partial charge in [0.15, 0.2) is 0 Å². The van der Waals surface area contributed by atoms with Gasteiger partial charge in [-0.05, 0) is 48.7 Å². The molecule has 1 saturated carbocycles. The molecule has 1 aliphatic rings. The molecule has 224 valence electrons. The highest BCUT2D eigenvalue weighted by molar-refractivity contribution is 6.30. The molecule has 0 bridgehead atoms. The summed E-state index contributed by atoms with van der Waals surface area (Å²) in [6, 6.07) is 3.01. The molecule has 0 aromatic heterocycles. The molecule has 1 atom stereocenters. The molecular formula is C25H18ClF11N2O2. The quantitative estimate of drug-likeness (QED) is 0.327. The third-order valence-electron chi connectivity index (χ3n) is 6.09. The first-order valence-corrected chi connectivity index (χ1v) is 11.8. The Hall–Kier alpha value is -3.36.